The van der Waals surface area contributed by atoms with Gasteiger partial charge < -0.3 is 18.0 Å². The number of aryl methyl sites for hydroxylation is 1. The zero-order chi connectivity index (χ0) is 16.7. The van der Waals surface area contributed by atoms with Gasteiger partial charge >= 0.3 is 0 Å². The minimum Gasteiger partial charge on any atom is -0.467 e. The predicted octanol–water partition coefficient (Wildman–Crippen LogP) is 3.22. The van der Waals surface area contributed by atoms with Crippen molar-refractivity contribution in [2.24, 2.45) is 0 Å². The van der Waals surface area contributed by atoms with E-state index in [-0.39, 0.29) is 0 Å². The molecule has 4 rings (SSSR count). The highest BCUT2D eigenvalue weighted by molar-refractivity contribution is 5.80. The third-order valence-corrected chi connectivity index (χ3v) is 4.45. The number of fused-ring (bicyclic) bond motifs is 1. The van der Waals surface area contributed by atoms with Gasteiger partial charge in [0.15, 0.2) is 0 Å². The zero-order valence-corrected chi connectivity index (χ0v) is 13.6. The second-order valence-corrected chi connectivity index (χ2v) is 5.87. The van der Waals surface area contributed by atoms with E-state index in [1.54, 1.807) is 23.4 Å². The summed E-state index contributed by atoms with van der Waals surface area (Å²) in [6.07, 6.45) is 5.01. The second-order valence-electron chi connectivity index (χ2n) is 5.87. The van der Waals surface area contributed by atoms with Crippen LogP contribution in [0.25, 0.3) is 11.0 Å². The van der Waals surface area contributed by atoms with Gasteiger partial charge in [0.25, 0.3) is 0 Å². The second kappa shape index (κ2) is 5.56. The van der Waals surface area contributed by atoms with Gasteiger partial charge in [-0.25, -0.2) is 4.98 Å². The highest BCUT2D eigenvalue weighted by Gasteiger charge is 2.16. The first-order valence-corrected chi connectivity index (χ1v) is 7.79. The Labute approximate surface area is 138 Å². The lowest BCUT2D eigenvalue weighted by molar-refractivity contribution is 0.486. The van der Waals surface area contributed by atoms with Crippen LogP contribution in [-0.4, -0.2) is 14.1 Å². The molecule has 0 spiro atoms. The van der Waals surface area contributed by atoms with Gasteiger partial charge in [0.05, 0.1) is 37.3 Å². The van der Waals surface area contributed by atoms with Crippen molar-refractivity contribution >= 4 is 11.0 Å². The van der Waals surface area contributed by atoms with E-state index in [9.17, 15) is 0 Å². The zero-order valence-electron chi connectivity index (χ0n) is 13.6. The lowest BCUT2D eigenvalue weighted by Crippen LogP contribution is -2.21. The maximum Gasteiger partial charge on any atom is 0.146 e. The van der Waals surface area contributed by atoms with E-state index in [1.807, 2.05) is 31.2 Å². The summed E-state index contributed by atoms with van der Waals surface area (Å²) < 4.78 is 14.7. The summed E-state index contributed by atoms with van der Waals surface area (Å²) in [5, 5.41) is 9.46. The molecule has 0 aliphatic carbocycles. The normalized spacial score (nSPS) is 11.4. The van der Waals surface area contributed by atoms with Crippen LogP contribution in [0.15, 0.2) is 52.0 Å². The van der Waals surface area contributed by atoms with Crippen LogP contribution in [0.2, 0.25) is 0 Å². The fourth-order valence-electron chi connectivity index (χ4n) is 3.03. The minimum atomic E-state index is 0.440. The quantitative estimate of drug-likeness (QED) is 0.627. The molecular formula is C18H18N4O2. The summed E-state index contributed by atoms with van der Waals surface area (Å²) in [7, 11) is 0. The molecule has 6 heteroatoms. The first kappa shape index (κ1) is 14.6. The van der Waals surface area contributed by atoms with Gasteiger partial charge in [-0.1, -0.05) is 0 Å². The monoisotopic (exact) mass is 322 g/mol. The Bertz CT molecular complexity index is 1040. The first-order chi connectivity index (χ1) is 11.6. The van der Waals surface area contributed by atoms with Crippen molar-refractivity contribution in [2.75, 3.05) is 0 Å². The van der Waals surface area contributed by atoms with Gasteiger partial charge in [-0.3, -0.25) is 5.41 Å². The van der Waals surface area contributed by atoms with E-state index in [0.717, 1.165) is 33.8 Å². The molecule has 0 aliphatic rings. The summed E-state index contributed by atoms with van der Waals surface area (Å²) in [4.78, 5) is 4.61. The van der Waals surface area contributed by atoms with Gasteiger partial charge in [-0.05, 0) is 43.7 Å². The molecule has 0 aromatic carbocycles. The SMILES string of the molecule is Cc1c(C)n(Cc2ccco2)c2ncn(Cc3ccco3)c(=N)c12. The molecule has 6 nitrogen and oxygen atoms in total. The maximum absolute atomic E-state index is 8.59. The van der Waals surface area contributed by atoms with Crippen molar-refractivity contribution in [1.82, 2.24) is 14.1 Å². The van der Waals surface area contributed by atoms with Crippen LogP contribution in [0.5, 0.6) is 0 Å². The molecular weight excluding hydrogens is 304 g/mol. The molecule has 0 saturated carbocycles. The number of nitrogens with one attached hydrogen (secondary N) is 1. The van der Waals surface area contributed by atoms with Gasteiger partial charge in [0, 0.05) is 5.69 Å². The lowest BCUT2D eigenvalue weighted by Gasteiger charge is -2.07. The predicted molar refractivity (Wildman–Crippen MR) is 88.7 cm³/mol. The molecule has 4 aromatic heterocycles. The molecule has 0 unspecified atom stereocenters. The van der Waals surface area contributed by atoms with E-state index >= 15 is 0 Å². The van der Waals surface area contributed by atoms with Crippen LogP contribution in [0.1, 0.15) is 22.8 Å². The Morgan fingerprint density at radius 1 is 1.04 bits per heavy atom. The molecule has 0 bridgehead atoms. The molecule has 0 radical (unpaired) electrons. The summed E-state index contributed by atoms with van der Waals surface area (Å²) in [5.74, 6) is 1.68. The summed E-state index contributed by atoms with van der Waals surface area (Å²) in [6.45, 7) is 5.19. The van der Waals surface area contributed by atoms with E-state index in [0.29, 0.717) is 18.6 Å². The van der Waals surface area contributed by atoms with Crippen molar-refractivity contribution in [3.05, 3.63) is 71.4 Å². The first-order valence-electron chi connectivity index (χ1n) is 7.79. The fourth-order valence-corrected chi connectivity index (χ4v) is 3.03. The van der Waals surface area contributed by atoms with Crippen LogP contribution in [0, 0.1) is 19.3 Å². The number of rotatable bonds is 4. The molecule has 0 saturated heterocycles. The number of aromatic nitrogens is 3. The molecule has 0 atom stereocenters. The third kappa shape index (κ3) is 2.27. The van der Waals surface area contributed by atoms with Crippen LogP contribution >= 0.6 is 0 Å². The molecule has 4 heterocycles. The third-order valence-electron chi connectivity index (χ3n) is 4.45. The van der Waals surface area contributed by atoms with Crippen molar-refractivity contribution in [2.45, 2.75) is 26.9 Å². The Hall–Kier alpha value is -3.02. The number of nitrogens with zero attached hydrogens (tertiary/aromatic N) is 3. The molecule has 1 N–H and O–H groups in total. The summed E-state index contributed by atoms with van der Waals surface area (Å²) in [5.41, 5.74) is 3.42. The number of hydrogen-bond acceptors (Lipinski definition) is 4. The standard InChI is InChI=1S/C18H18N4O2/c1-12-13(2)22(10-15-6-4-8-24-15)18-16(12)17(19)21(11-20-18)9-14-5-3-7-23-14/h3-8,11,19H,9-10H2,1-2H3. The number of furan rings is 2. The van der Waals surface area contributed by atoms with Crippen LogP contribution in [-0.2, 0) is 13.1 Å². The topological polar surface area (TPSA) is 72.9 Å². The van der Waals surface area contributed by atoms with Crippen molar-refractivity contribution < 1.29 is 8.83 Å². The van der Waals surface area contributed by atoms with Crippen LogP contribution in [0.3, 0.4) is 0 Å². The fraction of sp³-hybridized carbons (Fsp3) is 0.222. The van der Waals surface area contributed by atoms with Gasteiger partial charge in [0.2, 0.25) is 0 Å². The summed E-state index contributed by atoms with van der Waals surface area (Å²) >= 11 is 0. The van der Waals surface area contributed by atoms with E-state index < -0.39 is 0 Å². The average molecular weight is 322 g/mol. The van der Waals surface area contributed by atoms with Crippen molar-refractivity contribution in [1.29, 1.82) is 5.41 Å². The van der Waals surface area contributed by atoms with E-state index in [1.165, 1.54) is 0 Å². The van der Waals surface area contributed by atoms with Gasteiger partial charge in [-0.15, -0.1) is 0 Å². The Kier molecular flexibility index (Phi) is 3.37. The largest absolute Gasteiger partial charge is 0.467 e. The Balaban J connectivity index is 1.84. The highest BCUT2D eigenvalue weighted by Crippen LogP contribution is 2.22. The molecule has 0 fully saturated rings. The van der Waals surface area contributed by atoms with Crippen molar-refractivity contribution in [3.8, 4) is 0 Å². The summed E-state index contributed by atoms with van der Waals surface area (Å²) in [6, 6.07) is 7.57. The minimum absolute atomic E-state index is 0.440. The number of hydrogen-bond donors (Lipinski definition) is 1. The van der Waals surface area contributed by atoms with Crippen LogP contribution in [0.4, 0.5) is 0 Å². The molecule has 122 valence electrons. The van der Waals surface area contributed by atoms with Gasteiger partial charge in [0.1, 0.15) is 22.7 Å². The Morgan fingerprint density at radius 3 is 2.33 bits per heavy atom. The lowest BCUT2D eigenvalue weighted by atomic mass is 10.2. The molecule has 4 aromatic rings. The van der Waals surface area contributed by atoms with Crippen LogP contribution < -0.4 is 5.49 Å². The maximum atomic E-state index is 8.59. The molecule has 0 amide bonds. The molecule has 0 aliphatic heterocycles. The van der Waals surface area contributed by atoms with Gasteiger partial charge in [-0.2, -0.15) is 0 Å². The van der Waals surface area contributed by atoms with E-state index in [2.05, 4.69) is 16.5 Å². The Morgan fingerprint density at radius 2 is 1.71 bits per heavy atom. The highest BCUT2D eigenvalue weighted by atomic mass is 16.3. The average Bonchev–Trinajstić information content (AvgIpc) is 3.30. The van der Waals surface area contributed by atoms with E-state index in [4.69, 9.17) is 14.2 Å². The molecule has 24 heavy (non-hydrogen) atoms. The van der Waals surface area contributed by atoms with Crippen molar-refractivity contribution in [3.63, 3.8) is 0 Å². The smallest absolute Gasteiger partial charge is 0.146 e.